The van der Waals surface area contributed by atoms with Crippen LogP contribution in [0.25, 0.3) is 11.8 Å². The number of ether oxygens (including phenoxy) is 1. The summed E-state index contributed by atoms with van der Waals surface area (Å²) in [5.74, 6) is 1.23. The minimum Gasteiger partial charge on any atom is -0.490 e. The molecule has 1 N–H and O–H groups in total. The van der Waals surface area contributed by atoms with Crippen molar-refractivity contribution in [1.29, 1.82) is 0 Å². The van der Waals surface area contributed by atoms with Crippen LogP contribution in [0.15, 0.2) is 51.7 Å². The standard InChI is InChI=1S/C24H25ClN4O2/c1-15(30)29-12-11-17(25)13-21-24(29)20-14-26-28-22(23(20)27-21)16-7-9-19(10-8-16)31-18-5-3-2-4-6-18/h2-6,11,13,16,19,27H,7-10,12,14H2,1H3/t16-,19-. The molecule has 3 aliphatic rings. The molecule has 1 aromatic carbocycles. The first kappa shape index (κ1) is 20.1. The van der Waals surface area contributed by atoms with Crippen molar-refractivity contribution >= 4 is 35.0 Å². The number of allylic oxidation sites excluding steroid dienone is 1. The Labute approximate surface area is 186 Å². The zero-order chi connectivity index (χ0) is 21.4. The number of amides is 1. The second-order valence-corrected chi connectivity index (χ2v) is 8.73. The van der Waals surface area contributed by atoms with Crippen LogP contribution in [0.3, 0.4) is 0 Å². The molecule has 5 rings (SSSR count). The predicted molar refractivity (Wildman–Crippen MR) is 121 cm³/mol. The van der Waals surface area contributed by atoms with Crippen molar-refractivity contribution in [3.8, 4) is 5.75 Å². The van der Waals surface area contributed by atoms with E-state index in [-0.39, 0.29) is 12.0 Å². The van der Waals surface area contributed by atoms with Crippen LogP contribution in [-0.2, 0) is 11.3 Å². The fourth-order valence-electron chi connectivity index (χ4n) is 4.75. The monoisotopic (exact) mass is 436 g/mol. The minimum absolute atomic E-state index is 0.0123. The van der Waals surface area contributed by atoms with E-state index in [1.54, 1.807) is 11.8 Å². The number of fused-ring (bicyclic) bond motifs is 3. The van der Waals surface area contributed by atoms with E-state index in [9.17, 15) is 4.79 Å². The van der Waals surface area contributed by atoms with E-state index in [4.69, 9.17) is 16.3 Å². The van der Waals surface area contributed by atoms with Gasteiger partial charge in [-0.3, -0.25) is 4.79 Å². The Bertz CT molecular complexity index is 1170. The number of rotatable bonds is 3. The van der Waals surface area contributed by atoms with Crippen LogP contribution in [0, 0.1) is 5.92 Å². The number of aromatic nitrogens is 1. The van der Waals surface area contributed by atoms with Crippen molar-refractivity contribution in [2.75, 3.05) is 11.4 Å². The fraction of sp³-hybridized carbons (Fsp3) is 0.375. The summed E-state index contributed by atoms with van der Waals surface area (Å²) in [4.78, 5) is 17.6. The van der Waals surface area contributed by atoms with E-state index >= 15 is 0 Å². The number of nitrogens with zero attached hydrogens (tertiary/aromatic N) is 3. The highest BCUT2D eigenvalue weighted by Crippen LogP contribution is 2.34. The van der Waals surface area contributed by atoms with Crippen molar-refractivity contribution in [3.63, 3.8) is 0 Å². The lowest BCUT2D eigenvalue weighted by molar-refractivity contribution is -0.116. The number of H-pyrrole nitrogens is 1. The molecule has 7 heteroatoms. The summed E-state index contributed by atoms with van der Waals surface area (Å²) in [5.41, 5.74) is 2.91. The van der Waals surface area contributed by atoms with Gasteiger partial charge >= 0.3 is 0 Å². The van der Waals surface area contributed by atoms with E-state index in [1.165, 1.54) is 0 Å². The van der Waals surface area contributed by atoms with Crippen LogP contribution >= 0.6 is 11.6 Å². The van der Waals surface area contributed by atoms with Gasteiger partial charge in [0.1, 0.15) is 5.75 Å². The number of anilines is 1. The van der Waals surface area contributed by atoms with Gasteiger partial charge < -0.3 is 14.6 Å². The Morgan fingerprint density at radius 2 is 1.97 bits per heavy atom. The van der Waals surface area contributed by atoms with E-state index in [1.807, 2.05) is 42.5 Å². The number of carbonyl (C=O) groups is 1. The van der Waals surface area contributed by atoms with Gasteiger partial charge in [-0.15, -0.1) is 0 Å². The SMILES string of the molecule is CC(=O)N1CC=C(Cl)C=c2[nH]c3c(c21)CN=NC=3[C@H]1CC[C@H](Oc2ccccc2)CC1. The summed E-state index contributed by atoms with van der Waals surface area (Å²) < 4.78 is 6.15. The molecule has 160 valence electrons. The quantitative estimate of drug-likeness (QED) is 0.790. The van der Waals surface area contributed by atoms with Gasteiger partial charge in [-0.25, -0.2) is 0 Å². The maximum absolute atomic E-state index is 12.3. The van der Waals surface area contributed by atoms with Crippen LogP contribution in [0.1, 0.15) is 38.2 Å². The molecule has 6 nitrogen and oxygen atoms in total. The van der Waals surface area contributed by atoms with Gasteiger partial charge in [-0.1, -0.05) is 29.8 Å². The second-order valence-electron chi connectivity index (χ2n) is 8.29. The van der Waals surface area contributed by atoms with Crippen LogP contribution in [0.2, 0.25) is 0 Å². The molecule has 1 saturated carbocycles. The van der Waals surface area contributed by atoms with E-state index in [2.05, 4.69) is 15.2 Å². The Kier molecular flexibility index (Phi) is 5.40. The Hall–Kier alpha value is -2.86. The number of para-hydroxylation sites is 1. The zero-order valence-corrected chi connectivity index (χ0v) is 18.2. The number of benzene rings is 1. The smallest absolute Gasteiger partial charge is 0.224 e. The maximum atomic E-state index is 12.3. The molecule has 31 heavy (non-hydrogen) atoms. The lowest BCUT2D eigenvalue weighted by Gasteiger charge is -2.29. The molecular formula is C24H25ClN4O2. The molecule has 1 aromatic heterocycles. The highest BCUT2D eigenvalue weighted by molar-refractivity contribution is 6.34. The van der Waals surface area contributed by atoms with Gasteiger partial charge in [0.05, 0.1) is 34.7 Å². The Balaban J connectivity index is 1.45. The molecule has 0 bridgehead atoms. The number of halogens is 1. The number of hydrogen-bond acceptors (Lipinski definition) is 4. The summed E-state index contributed by atoms with van der Waals surface area (Å²) in [6.45, 7) is 2.50. The number of hydrogen-bond donors (Lipinski definition) is 1. The summed E-state index contributed by atoms with van der Waals surface area (Å²) in [5, 5.41) is 11.5. The normalized spacial score (nSPS) is 22.7. The molecule has 0 radical (unpaired) electrons. The summed E-state index contributed by atoms with van der Waals surface area (Å²) in [6.07, 6.45) is 7.92. The number of azo groups is 1. The molecule has 2 aliphatic heterocycles. The van der Waals surface area contributed by atoms with Crippen molar-refractivity contribution in [2.24, 2.45) is 16.1 Å². The van der Waals surface area contributed by atoms with E-state index in [0.717, 1.165) is 59.1 Å². The molecule has 0 spiro atoms. The second kappa shape index (κ2) is 8.35. The summed E-state index contributed by atoms with van der Waals surface area (Å²) in [6, 6.07) is 10.0. The predicted octanol–water partition coefficient (Wildman–Crippen LogP) is 4.00. The highest BCUT2D eigenvalue weighted by Gasteiger charge is 2.30. The number of nitrogens with one attached hydrogen (secondary N) is 1. The van der Waals surface area contributed by atoms with Crippen molar-refractivity contribution in [1.82, 2.24) is 4.98 Å². The largest absolute Gasteiger partial charge is 0.490 e. The average Bonchev–Trinajstić information content (AvgIpc) is 3.03. The Morgan fingerprint density at radius 3 is 2.71 bits per heavy atom. The third-order valence-corrected chi connectivity index (χ3v) is 6.54. The highest BCUT2D eigenvalue weighted by atomic mass is 35.5. The number of aromatic amines is 1. The average molecular weight is 437 g/mol. The van der Waals surface area contributed by atoms with E-state index in [0.29, 0.717) is 24.0 Å². The van der Waals surface area contributed by atoms with Crippen molar-refractivity contribution < 1.29 is 9.53 Å². The molecule has 0 unspecified atom stereocenters. The Morgan fingerprint density at radius 1 is 1.19 bits per heavy atom. The molecule has 0 saturated heterocycles. The van der Waals surface area contributed by atoms with Crippen LogP contribution in [0.4, 0.5) is 5.69 Å². The van der Waals surface area contributed by atoms with Gasteiger partial charge in [-0.05, 0) is 50.0 Å². The first-order chi connectivity index (χ1) is 15.1. The van der Waals surface area contributed by atoms with Crippen molar-refractivity contribution in [2.45, 2.75) is 45.3 Å². The van der Waals surface area contributed by atoms with Crippen LogP contribution in [0.5, 0.6) is 5.75 Å². The summed E-state index contributed by atoms with van der Waals surface area (Å²) >= 11 is 6.33. The van der Waals surface area contributed by atoms with Gasteiger partial charge in [-0.2, -0.15) is 10.2 Å². The summed E-state index contributed by atoms with van der Waals surface area (Å²) in [7, 11) is 0. The number of carbonyl (C=O) groups excluding carboxylic acids is 1. The molecule has 1 amide bonds. The fourth-order valence-corrected chi connectivity index (χ4v) is 4.93. The van der Waals surface area contributed by atoms with Crippen LogP contribution in [-0.4, -0.2) is 23.5 Å². The topological polar surface area (TPSA) is 70.0 Å². The molecule has 1 aliphatic carbocycles. The third-order valence-electron chi connectivity index (χ3n) is 6.27. The van der Waals surface area contributed by atoms with Crippen LogP contribution < -0.4 is 20.3 Å². The van der Waals surface area contributed by atoms with Crippen molar-refractivity contribution in [3.05, 3.63) is 57.7 Å². The van der Waals surface area contributed by atoms with E-state index < -0.39 is 0 Å². The first-order valence-electron chi connectivity index (χ1n) is 10.8. The minimum atomic E-state index is -0.0123. The lowest BCUT2D eigenvalue weighted by Crippen LogP contribution is -2.32. The van der Waals surface area contributed by atoms with Gasteiger partial charge in [0.25, 0.3) is 0 Å². The third kappa shape index (κ3) is 3.92. The molecule has 3 heterocycles. The maximum Gasteiger partial charge on any atom is 0.224 e. The first-order valence-corrected chi connectivity index (χ1v) is 11.2. The molecule has 0 atom stereocenters. The molecule has 2 aromatic rings. The lowest BCUT2D eigenvalue weighted by atomic mass is 9.84. The zero-order valence-electron chi connectivity index (χ0n) is 17.5. The molecular weight excluding hydrogens is 412 g/mol. The van der Waals surface area contributed by atoms with Gasteiger partial charge in [0.2, 0.25) is 5.91 Å². The van der Waals surface area contributed by atoms with Gasteiger partial charge in [0, 0.05) is 30.0 Å². The molecule has 1 fully saturated rings. The van der Waals surface area contributed by atoms with Gasteiger partial charge in [0.15, 0.2) is 0 Å².